The Bertz CT molecular complexity index is 573. The number of aromatic nitrogens is 1. The van der Waals surface area contributed by atoms with Crippen LogP contribution in [0.3, 0.4) is 0 Å². The third kappa shape index (κ3) is 2.46. The van der Waals surface area contributed by atoms with Crippen molar-refractivity contribution in [2.75, 3.05) is 0 Å². The Morgan fingerprint density at radius 2 is 2.06 bits per heavy atom. The molecule has 1 aromatic heterocycles. The van der Waals surface area contributed by atoms with Crippen LogP contribution < -0.4 is 10.5 Å². The molecule has 5 heteroatoms. The molecule has 94 valence electrons. The molecule has 0 bridgehead atoms. The molecule has 0 aliphatic rings. The lowest BCUT2D eigenvalue weighted by molar-refractivity contribution is 0.418. The Hall–Kier alpha value is -2.01. The highest BCUT2D eigenvalue weighted by molar-refractivity contribution is 5.37. The van der Waals surface area contributed by atoms with Gasteiger partial charge in [0.1, 0.15) is 5.82 Å². The van der Waals surface area contributed by atoms with Crippen LogP contribution in [-0.2, 0) is 6.54 Å². The number of nitrogens with zero attached hydrogens (tertiary/aromatic N) is 1. The molecule has 18 heavy (non-hydrogen) atoms. The highest BCUT2D eigenvalue weighted by Gasteiger charge is 2.11. The highest BCUT2D eigenvalue weighted by atomic mass is 19.1. The van der Waals surface area contributed by atoms with Crippen LogP contribution >= 0.6 is 0 Å². The summed E-state index contributed by atoms with van der Waals surface area (Å²) in [5.41, 5.74) is 7.20. The maximum atomic E-state index is 13.4. The number of aryl methyl sites for hydroxylation is 1. The standard InChI is InChI=1S/C13H12F2N2O/c1-8-4-5-17-13(10(8)7-16)18-12-3-2-9(14)6-11(12)15/h2-6H,7,16H2,1H3. The van der Waals surface area contributed by atoms with Crippen LogP contribution in [0.15, 0.2) is 30.5 Å². The van der Waals surface area contributed by atoms with Crippen LogP contribution in [0, 0.1) is 18.6 Å². The smallest absolute Gasteiger partial charge is 0.224 e. The molecule has 0 spiro atoms. The van der Waals surface area contributed by atoms with Crippen LogP contribution in [0.4, 0.5) is 8.78 Å². The normalized spacial score (nSPS) is 10.4. The molecule has 3 nitrogen and oxygen atoms in total. The van der Waals surface area contributed by atoms with E-state index in [0.717, 1.165) is 17.7 Å². The van der Waals surface area contributed by atoms with Crippen molar-refractivity contribution in [2.45, 2.75) is 13.5 Å². The van der Waals surface area contributed by atoms with E-state index in [1.54, 1.807) is 12.3 Å². The van der Waals surface area contributed by atoms with Crippen molar-refractivity contribution in [3.8, 4) is 11.6 Å². The fourth-order valence-corrected chi connectivity index (χ4v) is 1.56. The molecule has 2 rings (SSSR count). The van der Waals surface area contributed by atoms with Gasteiger partial charge in [-0.2, -0.15) is 0 Å². The Kier molecular flexibility index (Phi) is 3.53. The third-order valence-corrected chi connectivity index (χ3v) is 2.56. The maximum Gasteiger partial charge on any atom is 0.224 e. The van der Waals surface area contributed by atoms with Crippen LogP contribution in [-0.4, -0.2) is 4.98 Å². The number of hydrogen-bond donors (Lipinski definition) is 1. The van der Waals surface area contributed by atoms with Crippen molar-refractivity contribution in [1.29, 1.82) is 0 Å². The SMILES string of the molecule is Cc1ccnc(Oc2ccc(F)cc2F)c1CN. The van der Waals surface area contributed by atoms with Gasteiger partial charge in [0.25, 0.3) is 0 Å². The van der Waals surface area contributed by atoms with E-state index in [2.05, 4.69) is 4.98 Å². The lowest BCUT2D eigenvalue weighted by Crippen LogP contribution is -2.04. The van der Waals surface area contributed by atoms with Crippen LogP contribution in [0.25, 0.3) is 0 Å². The molecule has 0 aliphatic carbocycles. The van der Waals surface area contributed by atoms with Gasteiger partial charge in [-0.1, -0.05) is 0 Å². The number of benzene rings is 1. The van der Waals surface area contributed by atoms with Gasteiger partial charge in [-0.3, -0.25) is 0 Å². The summed E-state index contributed by atoms with van der Waals surface area (Å²) in [4.78, 5) is 4.01. The second-order valence-corrected chi connectivity index (χ2v) is 3.79. The van der Waals surface area contributed by atoms with Gasteiger partial charge < -0.3 is 10.5 Å². The van der Waals surface area contributed by atoms with Gasteiger partial charge in [0.05, 0.1) is 0 Å². The predicted molar refractivity (Wildman–Crippen MR) is 63.3 cm³/mol. The minimum Gasteiger partial charge on any atom is -0.436 e. The zero-order chi connectivity index (χ0) is 13.1. The first kappa shape index (κ1) is 12.4. The van der Waals surface area contributed by atoms with Gasteiger partial charge in [0.2, 0.25) is 5.88 Å². The molecule has 0 radical (unpaired) electrons. The summed E-state index contributed by atoms with van der Waals surface area (Å²) in [5, 5.41) is 0. The van der Waals surface area contributed by atoms with Crippen LogP contribution in [0.1, 0.15) is 11.1 Å². The van der Waals surface area contributed by atoms with Gasteiger partial charge in [0, 0.05) is 24.4 Å². The number of ether oxygens (including phenoxy) is 1. The van der Waals surface area contributed by atoms with Gasteiger partial charge in [-0.05, 0) is 30.7 Å². The van der Waals surface area contributed by atoms with E-state index >= 15 is 0 Å². The van der Waals surface area contributed by atoms with E-state index in [1.165, 1.54) is 6.07 Å². The third-order valence-electron chi connectivity index (χ3n) is 2.56. The van der Waals surface area contributed by atoms with Crippen molar-refractivity contribution in [2.24, 2.45) is 5.73 Å². The molecule has 0 unspecified atom stereocenters. The second kappa shape index (κ2) is 5.10. The Morgan fingerprint density at radius 3 is 2.72 bits per heavy atom. The second-order valence-electron chi connectivity index (χ2n) is 3.79. The summed E-state index contributed by atoms with van der Waals surface area (Å²) in [6.45, 7) is 2.09. The van der Waals surface area contributed by atoms with E-state index in [9.17, 15) is 8.78 Å². The summed E-state index contributed by atoms with van der Waals surface area (Å²) in [7, 11) is 0. The molecule has 0 saturated carbocycles. The minimum atomic E-state index is -0.777. The number of hydrogen-bond acceptors (Lipinski definition) is 3. The number of halogens is 2. The molecule has 0 fully saturated rings. The molecule has 0 atom stereocenters. The summed E-state index contributed by atoms with van der Waals surface area (Å²) < 4.78 is 31.5. The van der Waals surface area contributed by atoms with E-state index in [1.807, 2.05) is 6.92 Å². The first-order chi connectivity index (χ1) is 8.61. The molecule has 1 heterocycles. The Labute approximate surface area is 103 Å². The summed E-state index contributed by atoms with van der Waals surface area (Å²) in [5.74, 6) is -1.27. The Balaban J connectivity index is 2.37. The van der Waals surface area contributed by atoms with Gasteiger partial charge >= 0.3 is 0 Å². The lowest BCUT2D eigenvalue weighted by atomic mass is 10.1. The lowest BCUT2D eigenvalue weighted by Gasteiger charge is -2.11. The maximum absolute atomic E-state index is 13.4. The monoisotopic (exact) mass is 250 g/mol. The van der Waals surface area contributed by atoms with Crippen molar-refractivity contribution in [3.63, 3.8) is 0 Å². The van der Waals surface area contributed by atoms with Gasteiger partial charge in [0.15, 0.2) is 11.6 Å². The summed E-state index contributed by atoms with van der Waals surface area (Å²) in [6.07, 6.45) is 1.55. The zero-order valence-electron chi connectivity index (χ0n) is 9.78. The van der Waals surface area contributed by atoms with Crippen molar-refractivity contribution in [1.82, 2.24) is 4.98 Å². The van der Waals surface area contributed by atoms with Gasteiger partial charge in [-0.25, -0.2) is 13.8 Å². The number of nitrogens with two attached hydrogens (primary N) is 1. The highest BCUT2D eigenvalue weighted by Crippen LogP contribution is 2.27. The molecule has 2 aromatic rings. The quantitative estimate of drug-likeness (QED) is 0.911. The van der Waals surface area contributed by atoms with Gasteiger partial charge in [-0.15, -0.1) is 0 Å². The first-order valence-electron chi connectivity index (χ1n) is 5.39. The van der Waals surface area contributed by atoms with Crippen molar-refractivity contribution >= 4 is 0 Å². The van der Waals surface area contributed by atoms with E-state index in [0.29, 0.717) is 5.56 Å². The molecule has 0 aliphatic heterocycles. The topological polar surface area (TPSA) is 48.1 Å². The molecular formula is C13H12F2N2O. The largest absolute Gasteiger partial charge is 0.436 e. The zero-order valence-corrected chi connectivity index (χ0v) is 9.78. The summed E-state index contributed by atoms with van der Waals surface area (Å²) >= 11 is 0. The molecule has 1 aromatic carbocycles. The van der Waals surface area contributed by atoms with Crippen LogP contribution in [0.2, 0.25) is 0 Å². The number of pyridine rings is 1. The molecular weight excluding hydrogens is 238 g/mol. The first-order valence-corrected chi connectivity index (χ1v) is 5.39. The fourth-order valence-electron chi connectivity index (χ4n) is 1.56. The summed E-state index contributed by atoms with van der Waals surface area (Å²) in [6, 6.07) is 4.88. The van der Waals surface area contributed by atoms with Crippen LogP contribution in [0.5, 0.6) is 11.6 Å². The van der Waals surface area contributed by atoms with E-state index in [-0.39, 0.29) is 18.2 Å². The minimum absolute atomic E-state index is 0.0794. The number of rotatable bonds is 3. The molecule has 0 saturated heterocycles. The predicted octanol–water partition coefficient (Wildman–Crippen LogP) is 2.92. The molecule has 0 amide bonds. The average Bonchev–Trinajstić information content (AvgIpc) is 2.33. The average molecular weight is 250 g/mol. The Morgan fingerprint density at radius 1 is 1.28 bits per heavy atom. The fraction of sp³-hybridized carbons (Fsp3) is 0.154. The molecule has 2 N–H and O–H groups in total. The van der Waals surface area contributed by atoms with Crippen molar-refractivity contribution < 1.29 is 13.5 Å². The van der Waals surface area contributed by atoms with E-state index < -0.39 is 11.6 Å². The van der Waals surface area contributed by atoms with E-state index in [4.69, 9.17) is 10.5 Å². The van der Waals surface area contributed by atoms with Crippen molar-refractivity contribution in [3.05, 3.63) is 53.2 Å².